The first kappa shape index (κ1) is 22.9. The first-order valence-electron chi connectivity index (χ1n) is 10.3. The monoisotopic (exact) mass is 437 g/mol. The number of carboxylic acids is 1. The van der Waals surface area contributed by atoms with E-state index in [1.165, 1.54) is 5.56 Å². The lowest BCUT2D eigenvalue weighted by molar-refractivity contribution is -0.135. The third-order valence-corrected chi connectivity index (χ3v) is 5.25. The summed E-state index contributed by atoms with van der Waals surface area (Å²) in [4.78, 5) is 40.8. The van der Waals surface area contributed by atoms with E-state index in [0.717, 1.165) is 30.0 Å². The first-order chi connectivity index (χ1) is 15.4. The molecule has 2 N–H and O–H groups in total. The summed E-state index contributed by atoms with van der Waals surface area (Å²) in [6, 6.07) is 15.1. The Hall–Kier alpha value is -3.81. The quantitative estimate of drug-likeness (QED) is 0.639. The van der Waals surface area contributed by atoms with E-state index >= 15 is 0 Å². The number of benzene rings is 2. The summed E-state index contributed by atoms with van der Waals surface area (Å²) in [6.45, 7) is 2.99. The summed E-state index contributed by atoms with van der Waals surface area (Å²) in [5.41, 5.74) is 2.82. The summed E-state index contributed by atoms with van der Waals surface area (Å²) >= 11 is 0. The van der Waals surface area contributed by atoms with Gasteiger partial charge >= 0.3 is 0 Å². The average Bonchev–Trinajstić information content (AvgIpc) is 3.20. The van der Waals surface area contributed by atoms with E-state index in [0.29, 0.717) is 25.2 Å². The third kappa shape index (κ3) is 5.66. The zero-order valence-corrected chi connectivity index (χ0v) is 18.2. The van der Waals surface area contributed by atoms with Gasteiger partial charge in [-0.15, -0.1) is 0 Å². The van der Waals surface area contributed by atoms with Crippen LogP contribution in [0, 0.1) is 0 Å². The van der Waals surface area contributed by atoms with Crippen molar-refractivity contribution in [3.63, 3.8) is 0 Å². The SMILES string of the molecule is CC(=O)O.COc1ccc2c(CCN3CCN(C(=O)c4ccccc4)CC3=O)c[nH]c2c1. The fourth-order valence-corrected chi connectivity index (χ4v) is 3.64. The molecule has 8 heteroatoms. The summed E-state index contributed by atoms with van der Waals surface area (Å²) in [7, 11) is 1.65. The zero-order valence-electron chi connectivity index (χ0n) is 18.2. The molecule has 2 aromatic carbocycles. The van der Waals surface area contributed by atoms with Gasteiger partial charge < -0.3 is 24.6 Å². The Bertz CT molecular complexity index is 1090. The number of piperazine rings is 1. The maximum absolute atomic E-state index is 12.6. The Morgan fingerprint density at radius 3 is 2.50 bits per heavy atom. The summed E-state index contributed by atoms with van der Waals surface area (Å²) < 4.78 is 5.26. The number of aliphatic carboxylic acids is 1. The number of hydrogen-bond donors (Lipinski definition) is 2. The van der Waals surface area contributed by atoms with Crippen molar-refractivity contribution in [1.82, 2.24) is 14.8 Å². The molecule has 1 aromatic heterocycles. The van der Waals surface area contributed by atoms with E-state index < -0.39 is 5.97 Å². The highest BCUT2D eigenvalue weighted by molar-refractivity contribution is 5.97. The Kier molecular flexibility index (Phi) is 7.49. The van der Waals surface area contributed by atoms with Crippen LogP contribution < -0.4 is 4.74 Å². The molecule has 168 valence electrons. The number of amides is 2. The van der Waals surface area contributed by atoms with Gasteiger partial charge in [0.05, 0.1) is 7.11 Å². The number of methoxy groups -OCH3 is 1. The third-order valence-electron chi connectivity index (χ3n) is 5.25. The summed E-state index contributed by atoms with van der Waals surface area (Å²) in [6.07, 6.45) is 2.76. The highest BCUT2D eigenvalue weighted by Gasteiger charge is 2.27. The topological polar surface area (TPSA) is 103 Å². The van der Waals surface area contributed by atoms with Crippen molar-refractivity contribution in [2.45, 2.75) is 13.3 Å². The second-order valence-corrected chi connectivity index (χ2v) is 7.47. The summed E-state index contributed by atoms with van der Waals surface area (Å²) in [5.74, 6) is -0.105. The molecule has 2 heterocycles. The van der Waals surface area contributed by atoms with Gasteiger partial charge in [-0.3, -0.25) is 14.4 Å². The second kappa shape index (κ2) is 10.5. The second-order valence-electron chi connectivity index (χ2n) is 7.47. The number of hydrogen-bond acceptors (Lipinski definition) is 4. The number of ether oxygens (including phenoxy) is 1. The van der Waals surface area contributed by atoms with Crippen molar-refractivity contribution in [1.29, 1.82) is 0 Å². The molecule has 1 fully saturated rings. The molecule has 8 nitrogen and oxygen atoms in total. The number of carbonyl (C=O) groups is 3. The molecule has 3 aromatic rings. The van der Waals surface area contributed by atoms with Crippen molar-refractivity contribution >= 4 is 28.7 Å². The largest absolute Gasteiger partial charge is 0.497 e. The minimum absolute atomic E-state index is 0.00274. The Labute approximate surface area is 186 Å². The molecule has 1 aliphatic rings. The number of nitrogens with zero attached hydrogens (tertiary/aromatic N) is 2. The van der Waals surface area contributed by atoms with E-state index in [2.05, 4.69) is 4.98 Å². The minimum Gasteiger partial charge on any atom is -0.497 e. The van der Waals surface area contributed by atoms with Gasteiger partial charge in [0.1, 0.15) is 12.3 Å². The van der Waals surface area contributed by atoms with Gasteiger partial charge in [0, 0.05) is 55.3 Å². The van der Waals surface area contributed by atoms with E-state index in [1.807, 2.05) is 47.5 Å². The molecule has 0 bridgehead atoms. The average molecular weight is 437 g/mol. The van der Waals surface area contributed by atoms with Gasteiger partial charge in [0.2, 0.25) is 5.91 Å². The van der Waals surface area contributed by atoms with Crippen LogP contribution in [0.25, 0.3) is 10.9 Å². The lowest BCUT2D eigenvalue weighted by Gasteiger charge is -2.34. The first-order valence-corrected chi connectivity index (χ1v) is 10.3. The van der Waals surface area contributed by atoms with Crippen molar-refractivity contribution in [2.24, 2.45) is 0 Å². The predicted molar refractivity (Wildman–Crippen MR) is 121 cm³/mol. The van der Waals surface area contributed by atoms with Crippen LogP contribution in [0.5, 0.6) is 5.75 Å². The lowest BCUT2D eigenvalue weighted by Crippen LogP contribution is -2.52. The van der Waals surface area contributed by atoms with Gasteiger partial charge in [0.25, 0.3) is 11.9 Å². The standard InChI is InChI=1S/C22H23N3O3.C2H4O2/c1-28-18-7-8-19-17(14-23-20(19)13-18)9-10-24-11-12-25(15-21(24)26)22(27)16-5-3-2-4-6-16;1-2(3)4/h2-8,13-14,23H,9-12,15H2,1H3;1H3,(H,3,4). The Morgan fingerprint density at radius 1 is 1.12 bits per heavy atom. The fraction of sp³-hybridized carbons (Fsp3) is 0.292. The molecule has 1 saturated heterocycles. The summed E-state index contributed by atoms with van der Waals surface area (Å²) in [5, 5.41) is 8.56. The molecule has 1 aliphatic heterocycles. The molecule has 0 spiro atoms. The number of carbonyl (C=O) groups excluding carboxylic acids is 2. The molecule has 0 atom stereocenters. The van der Waals surface area contributed by atoms with Crippen LogP contribution in [0.1, 0.15) is 22.8 Å². The lowest BCUT2D eigenvalue weighted by atomic mass is 10.1. The molecule has 0 unspecified atom stereocenters. The van der Waals surface area contributed by atoms with Gasteiger partial charge in [-0.2, -0.15) is 0 Å². The van der Waals surface area contributed by atoms with Crippen molar-refractivity contribution in [3.8, 4) is 5.75 Å². The molecular weight excluding hydrogens is 410 g/mol. The maximum Gasteiger partial charge on any atom is 0.300 e. The van der Waals surface area contributed by atoms with Crippen LogP contribution in [0.4, 0.5) is 0 Å². The number of nitrogens with one attached hydrogen (secondary N) is 1. The van der Waals surface area contributed by atoms with Crippen LogP contribution in [-0.2, 0) is 16.0 Å². The number of fused-ring (bicyclic) bond motifs is 1. The van der Waals surface area contributed by atoms with E-state index in [1.54, 1.807) is 24.1 Å². The van der Waals surface area contributed by atoms with Gasteiger partial charge in [0.15, 0.2) is 0 Å². The normalized spacial score (nSPS) is 13.5. The predicted octanol–water partition coefficient (Wildman–Crippen LogP) is 2.79. The molecule has 2 amide bonds. The molecule has 0 saturated carbocycles. The maximum atomic E-state index is 12.6. The van der Waals surface area contributed by atoms with Crippen LogP contribution in [0.3, 0.4) is 0 Å². The molecule has 4 rings (SSSR count). The number of H-pyrrole nitrogens is 1. The zero-order chi connectivity index (χ0) is 23.1. The van der Waals surface area contributed by atoms with Gasteiger partial charge in [-0.1, -0.05) is 18.2 Å². The van der Waals surface area contributed by atoms with Crippen molar-refractivity contribution in [3.05, 3.63) is 65.9 Å². The van der Waals surface area contributed by atoms with Gasteiger partial charge in [-0.25, -0.2) is 0 Å². The fourth-order valence-electron chi connectivity index (χ4n) is 3.64. The Morgan fingerprint density at radius 2 is 1.84 bits per heavy atom. The molecule has 0 aliphatic carbocycles. The minimum atomic E-state index is -0.833. The number of aromatic amines is 1. The van der Waals surface area contributed by atoms with Gasteiger partial charge in [-0.05, 0) is 36.2 Å². The van der Waals surface area contributed by atoms with E-state index in [9.17, 15) is 9.59 Å². The number of aromatic nitrogens is 1. The van der Waals surface area contributed by atoms with Crippen molar-refractivity contribution in [2.75, 3.05) is 33.3 Å². The number of rotatable bonds is 5. The molecular formula is C24H27N3O5. The van der Waals surface area contributed by atoms with E-state index in [-0.39, 0.29) is 18.4 Å². The molecule has 0 radical (unpaired) electrons. The van der Waals surface area contributed by atoms with Crippen LogP contribution in [-0.4, -0.2) is 71.0 Å². The highest BCUT2D eigenvalue weighted by atomic mass is 16.5. The van der Waals surface area contributed by atoms with Crippen LogP contribution in [0.15, 0.2) is 54.7 Å². The smallest absolute Gasteiger partial charge is 0.300 e. The van der Waals surface area contributed by atoms with Crippen LogP contribution >= 0.6 is 0 Å². The molecule has 32 heavy (non-hydrogen) atoms. The Balaban J connectivity index is 0.000000668. The highest BCUT2D eigenvalue weighted by Crippen LogP contribution is 2.24. The number of carboxylic acid groups (broad SMARTS) is 1. The van der Waals surface area contributed by atoms with Crippen molar-refractivity contribution < 1.29 is 24.2 Å². The van der Waals surface area contributed by atoms with E-state index in [4.69, 9.17) is 14.6 Å². The van der Waals surface area contributed by atoms with Crippen LogP contribution in [0.2, 0.25) is 0 Å².